The van der Waals surface area contributed by atoms with E-state index in [9.17, 15) is 24.8 Å². The van der Waals surface area contributed by atoms with E-state index in [0.717, 1.165) is 0 Å². The molecule has 0 saturated carbocycles. The molecule has 1 fully saturated rings. The van der Waals surface area contributed by atoms with E-state index in [-0.39, 0.29) is 23.6 Å². The van der Waals surface area contributed by atoms with Crippen molar-refractivity contribution in [3.05, 3.63) is 74.8 Å². The van der Waals surface area contributed by atoms with Gasteiger partial charge in [-0.1, -0.05) is 13.8 Å². The van der Waals surface area contributed by atoms with Gasteiger partial charge in [-0.3, -0.25) is 19.7 Å². The van der Waals surface area contributed by atoms with Crippen LogP contribution in [0.5, 0.6) is 5.75 Å². The number of carbonyl (C=O) groups excluding carboxylic acids is 2. The minimum atomic E-state index is -0.885. The minimum absolute atomic E-state index is 0.0554. The summed E-state index contributed by atoms with van der Waals surface area (Å²) in [5, 5.41) is 22.4. The number of methoxy groups -OCH3 is 1. The average Bonchev–Trinajstić information content (AvgIpc) is 3.07. The quantitative estimate of drug-likeness (QED) is 0.133. The SMILES string of the molecule is COCCCN1C(=O)C(=O)C(=C(O)c2ccc(OCC(C)C)cc2C)[C@H]1c1ccc([N+](=O)[O-])cc1. The van der Waals surface area contributed by atoms with E-state index in [1.165, 1.54) is 29.2 Å². The van der Waals surface area contributed by atoms with Crippen LogP contribution in [0.4, 0.5) is 5.69 Å². The van der Waals surface area contributed by atoms with Crippen molar-refractivity contribution < 1.29 is 29.1 Å². The summed E-state index contributed by atoms with van der Waals surface area (Å²) in [6.07, 6.45) is 0.480. The van der Waals surface area contributed by atoms with Gasteiger partial charge in [-0.25, -0.2) is 0 Å². The molecule has 186 valence electrons. The van der Waals surface area contributed by atoms with Crippen LogP contribution in [0.2, 0.25) is 0 Å². The van der Waals surface area contributed by atoms with Crippen LogP contribution < -0.4 is 4.74 Å². The van der Waals surface area contributed by atoms with Crippen LogP contribution in [-0.4, -0.2) is 53.5 Å². The van der Waals surface area contributed by atoms with Crippen molar-refractivity contribution in [3.63, 3.8) is 0 Å². The second-order valence-electron chi connectivity index (χ2n) is 8.87. The van der Waals surface area contributed by atoms with Crippen LogP contribution in [-0.2, 0) is 14.3 Å². The number of carbonyl (C=O) groups is 2. The number of Topliss-reactive ketones (excluding diaryl/α,β-unsaturated/α-hetero) is 1. The lowest BCUT2D eigenvalue weighted by Gasteiger charge is -2.25. The van der Waals surface area contributed by atoms with Gasteiger partial charge >= 0.3 is 0 Å². The number of amides is 1. The Bertz CT molecular complexity index is 1140. The van der Waals surface area contributed by atoms with Gasteiger partial charge in [0, 0.05) is 38.0 Å². The number of aryl methyl sites for hydroxylation is 1. The summed E-state index contributed by atoms with van der Waals surface area (Å²) >= 11 is 0. The van der Waals surface area contributed by atoms with Gasteiger partial charge in [0.05, 0.1) is 23.1 Å². The zero-order valence-electron chi connectivity index (χ0n) is 20.3. The van der Waals surface area contributed by atoms with Gasteiger partial charge in [-0.15, -0.1) is 0 Å². The summed E-state index contributed by atoms with van der Waals surface area (Å²) in [7, 11) is 1.54. The molecule has 0 aliphatic carbocycles. The van der Waals surface area contributed by atoms with E-state index in [1.807, 2.05) is 13.8 Å². The molecule has 2 aromatic rings. The Hall–Kier alpha value is -3.72. The number of hydrogen-bond donors (Lipinski definition) is 1. The fourth-order valence-electron chi connectivity index (χ4n) is 4.01. The molecule has 35 heavy (non-hydrogen) atoms. The van der Waals surface area contributed by atoms with Crippen LogP contribution in [0.25, 0.3) is 5.76 Å². The molecule has 3 rings (SSSR count). The topological polar surface area (TPSA) is 119 Å². The van der Waals surface area contributed by atoms with Gasteiger partial charge in [0.2, 0.25) is 0 Å². The van der Waals surface area contributed by atoms with Crippen LogP contribution in [0, 0.1) is 23.0 Å². The Labute approximate surface area is 204 Å². The van der Waals surface area contributed by atoms with Gasteiger partial charge in [0.25, 0.3) is 17.4 Å². The summed E-state index contributed by atoms with van der Waals surface area (Å²) in [4.78, 5) is 38.0. The molecule has 9 heteroatoms. The van der Waals surface area contributed by atoms with Crippen LogP contribution in [0.15, 0.2) is 48.0 Å². The minimum Gasteiger partial charge on any atom is -0.507 e. The highest BCUT2D eigenvalue weighted by Crippen LogP contribution is 2.40. The fraction of sp³-hybridized carbons (Fsp3) is 0.385. The first-order valence-corrected chi connectivity index (χ1v) is 11.4. The van der Waals surface area contributed by atoms with Crippen molar-refractivity contribution in [2.75, 3.05) is 26.9 Å². The van der Waals surface area contributed by atoms with Crippen molar-refractivity contribution in [3.8, 4) is 5.75 Å². The summed E-state index contributed by atoms with van der Waals surface area (Å²) in [5.41, 5.74) is 1.40. The number of non-ortho nitro benzene ring substituents is 1. The molecule has 0 radical (unpaired) electrons. The van der Waals surface area contributed by atoms with Gasteiger partial charge in [-0.2, -0.15) is 0 Å². The Morgan fingerprint density at radius 3 is 2.43 bits per heavy atom. The molecular weight excluding hydrogens is 452 g/mol. The smallest absolute Gasteiger partial charge is 0.295 e. The first-order valence-electron chi connectivity index (χ1n) is 11.4. The standard InChI is InChI=1S/C26H30N2O7/c1-16(2)15-35-20-10-11-21(17(3)14-20)24(29)22-23(18-6-8-19(9-7-18)28(32)33)27(12-5-13-34-4)26(31)25(22)30/h6-11,14,16,23,29H,5,12-13,15H2,1-4H3/t23-/m1/s1. The number of benzene rings is 2. The molecular formula is C26H30N2O7. The van der Waals surface area contributed by atoms with Crippen LogP contribution >= 0.6 is 0 Å². The number of likely N-dealkylation sites (tertiary alicyclic amines) is 1. The molecule has 0 aromatic heterocycles. The van der Waals surface area contributed by atoms with Gasteiger partial charge < -0.3 is 19.5 Å². The number of rotatable bonds is 10. The second kappa shape index (κ2) is 11.1. The van der Waals surface area contributed by atoms with E-state index < -0.39 is 22.7 Å². The maximum absolute atomic E-state index is 13.1. The Balaban J connectivity index is 2.07. The summed E-state index contributed by atoms with van der Waals surface area (Å²) in [5.74, 6) is -0.851. The summed E-state index contributed by atoms with van der Waals surface area (Å²) in [6.45, 7) is 7.00. The lowest BCUT2D eigenvalue weighted by molar-refractivity contribution is -0.384. The molecule has 1 saturated heterocycles. The number of ketones is 1. The Morgan fingerprint density at radius 2 is 1.86 bits per heavy atom. The van der Waals surface area contributed by atoms with Crippen LogP contribution in [0.3, 0.4) is 0 Å². The number of aliphatic hydroxyl groups excluding tert-OH is 1. The Morgan fingerprint density at radius 1 is 1.17 bits per heavy atom. The molecule has 9 nitrogen and oxygen atoms in total. The van der Waals surface area contributed by atoms with Crippen LogP contribution in [0.1, 0.15) is 43.0 Å². The third kappa shape index (κ3) is 5.68. The molecule has 0 spiro atoms. The number of hydrogen-bond acceptors (Lipinski definition) is 7. The molecule has 1 heterocycles. The first kappa shape index (κ1) is 25.9. The highest BCUT2D eigenvalue weighted by Gasteiger charge is 2.46. The van der Waals surface area contributed by atoms with Gasteiger partial charge in [-0.05, 0) is 60.7 Å². The molecule has 2 aromatic carbocycles. The first-order chi connectivity index (χ1) is 16.6. The number of ether oxygens (including phenoxy) is 2. The van der Waals surface area contributed by atoms with E-state index in [0.29, 0.717) is 48.0 Å². The average molecular weight is 483 g/mol. The molecule has 1 aliphatic rings. The monoisotopic (exact) mass is 482 g/mol. The van der Waals surface area contributed by atoms with Crippen molar-refractivity contribution in [2.45, 2.75) is 33.2 Å². The zero-order chi connectivity index (χ0) is 25.7. The van der Waals surface area contributed by atoms with Crippen molar-refractivity contribution in [1.82, 2.24) is 4.90 Å². The predicted molar refractivity (Wildman–Crippen MR) is 130 cm³/mol. The third-order valence-corrected chi connectivity index (χ3v) is 5.74. The van der Waals surface area contributed by atoms with E-state index in [2.05, 4.69) is 0 Å². The molecule has 1 N–H and O–H groups in total. The normalized spacial score (nSPS) is 17.3. The maximum Gasteiger partial charge on any atom is 0.295 e. The fourth-order valence-corrected chi connectivity index (χ4v) is 4.01. The third-order valence-electron chi connectivity index (χ3n) is 5.74. The molecule has 1 amide bonds. The van der Waals surface area contributed by atoms with Crippen molar-refractivity contribution in [2.24, 2.45) is 5.92 Å². The second-order valence-corrected chi connectivity index (χ2v) is 8.87. The predicted octanol–water partition coefficient (Wildman–Crippen LogP) is 4.40. The lowest BCUT2D eigenvalue weighted by Crippen LogP contribution is -2.31. The van der Waals surface area contributed by atoms with E-state index in [1.54, 1.807) is 32.2 Å². The van der Waals surface area contributed by atoms with Crippen molar-refractivity contribution in [1.29, 1.82) is 0 Å². The number of nitrogens with zero attached hydrogens (tertiary/aromatic N) is 2. The molecule has 0 unspecified atom stereocenters. The highest BCUT2D eigenvalue weighted by atomic mass is 16.6. The zero-order valence-corrected chi connectivity index (χ0v) is 20.3. The van der Waals surface area contributed by atoms with Crippen molar-refractivity contribution >= 4 is 23.1 Å². The molecule has 0 bridgehead atoms. The molecule has 1 atom stereocenters. The van der Waals surface area contributed by atoms with Gasteiger partial charge in [0.15, 0.2) is 0 Å². The number of nitro groups is 1. The van der Waals surface area contributed by atoms with Gasteiger partial charge in [0.1, 0.15) is 11.5 Å². The lowest BCUT2D eigenvalue weighted by atomic mass is 9.93. The molecule has 1 aliphatic heterocycles. The Kier molecular flexibility index (Phi) is 8.24. The van der Waals surface area contributed by atoms with E-state index >= 15 is 0 Å². The summed E-state index contributed by atoms with van der Waals surface area (Å²) in [6, 6.07) is 9.89. The highest BCUT2D eigenvalue weighted by molar-refractivity contribution is 6.46. The number of nitro benzene ring substituents is 1. The van der Waals surface area contributed by atoms with E-state index in [4.69, 9.17) is 9.47 Å². The number of aliphatic hydroxyl groups is 1. The largest absolute Gasteiger partial charge is 0.507 e. The summed E-state index contributed by atoms with van der Waals surface area (Å²) < 4.78 is 10.8. The maximum atomic E-state index is 13.1.